The maximum Gasteiger partial charge on any atom is 0.138 e. The normalized spacial score (nSPS) is 14.2. The zero-order chi connectivity index (χ0) is 13.8. The first kappa shape index (κ1) is 15.5. The molecule has 1 aromatic rings. The molecule has 0 bridgehead atoms. The van der Waals surface area contributed by atoms with E-state index in [4.69, 9.17) is 0 Å². The third-order valence-corrected chi connectivity index (χ3v) is 3.78. The van der Waals surface area contributed by atoms with E-state index in [9.17, 15) is 5.11 Å². The smallest absolute Gasteiger partial charge is 0.138 e. The van der Waals surface area contributed by atoms with Crippen LogP contribution in [0.3, 0.4) is 0 Å². The minimum atomic E-state index is -0.357. The van der Waals surface area contributed by atoms with Crippen LogP contribution in [-0.4, -0.2) is 36.5 Å². The standard InChI is InChI=1S/C13H25N3OS/c1-10(2)7-16-12(14-9-15-16)6-11(17)8-18-13(3,4)5/h9-11,17H,6-8H2,1-5H3. The predicted octanol–water partition coefficient (Wildman–Crippen LogP) is 2.37. The van der Waals surface area contributed by atoms with Gasteiger partial charge in [0.15, 0.2) is 0 Å². The molecule has 1 atom stereocenters. The van der Waals surface area contributed by atoms with Crippen molar-refractivity contribution in [3.05, 3.63) is 12.2 Å². The zero-order valence-corrected chi connectivity index (χ0v) is 12.9. The van der Waals surface area contributed by atoms with Crippen molar-refractivity contribution < 1.29 is 5.11 Å². The van der Waals surface area contributed by atoms with Crippen LogP contribution in [0.15, 0.2) is 6.33 Å². The highest BCUT2D eigenvalue weighted by atomic mass is 32.2. The Morgan fingerprint density at radius 2 is 2.06 bits per heavy atom. The fraction of sp³-hybridized carbons (Fsp3) is 0.846. The molecular formula is C13H25N3OS. The number of thioether (sulfide) groups is 1. The average Bonchev–Trinajstić information content (AvgIpc) is 2.61. The van der Waals surface area contributed by atoms with Crippen molar-refractivity contribution in [1.82, 2.24) is 14.8 Å². The third kappa shape index (κ3) is 5.87. The summed E-state index contributed by atoms with van der Waals surface area (Å²) in [6, 6.07) is 0. The molecule has 1 heterocycles. The molecule has 18 heavy (non-hydrogen) atoms. The second-order valence-corrected chi connectivity index (χ2v) is 7.88. The molecule has 0 amide bonds. The number of aromatic nitrogens is 3. The van der Waals surface area contributed by atoms with Gasteiger partial charge in [-0.25, -0.2) is 9.67 Å². The predicted molar refractivity (Wildman–Crippen MR) is 76.8 cm³/mol. The molecule has 0 saturated carbocycles. The first-order valence-corrected chi connectivity index (χ1v) is 7.45. The Bertz CT molecular complexity index is 357. The summed E-state index contributed by atoms with van der Waals surface area (Å²) >= 11 is 1.78. The molecule has 0 saturated heterocycles. The lowest BCUT2D eigenvalue weighted by atomic mass is 10.2. The number of rotatable bonds is 6. The zero-order valence-electron chi connectivity index (χ0n) is 12.1. The lowest BCUT2D eigenvalue weighted by molar-refractivity contribution is 0.194. The van der Waals surface area contributed by atoms with Crippen molar-refractivity contribution in [1.29, 1.82) is 0 Å². The summed E-state index contributed by atoms with van der Waals surface area (Å²) in [4.78, 5) is 4.24. The highest BCUT2D eigenvalue weighted by Gasteiger charge is 2.16. The lowest BCUT2D eigenvalue weighted by Gasteiger charge is -2.20. The van der Waals surface area contributed by atoms with E-state index in [1.165, 1.54) is 0 Å². The van der Waals surface area contributed by atoms with Crippen LogP contribution in [0.5, 0.6) is 0 Å². The molecule has 0 aromatic carbocycles. The van der Waals surface area contributed by atoms with Gasteiger partial charge in [0.1, 0.15) is 12.2 Å². The maximum atomic E-state index is 10.0. The molecule has 0 aliphatic rings. The molecule has 1 unspecified atom stereocenters. The first-order chi connectivity index (χ1) is 8.28. The lowest BCUT2D eigenvalue weighted by Crippen LogP contribution is -2.21. The molecule has 1 N–H and O–H groups in total. The molecule has 104 valence electrons. The van der Waals surface area contributed by atoms with Crippen LogP contribution >= 0.6 is 11.8 Å². The Kier molecular flexibility index (Phi) is 5.66. The Hall–Kier alpha value is -0.550. The van der Waals surface area contributed by atoms with Gasteiger partial charge in [0.2, 0.25) is 0 Å². The van der Waals surface area contributed by atoms with Crippen molar-refractivity contribution in [2.45, 2.75) is 58.4 Å². The van der Waals surface area contributed by atoms with E-state index in [1.807, 2.05) is 4.68 Å². The van der Waals surface area contributed by atoms with Gasteiger partial charge in [0.05, 0.1) is 6.10 Å². The number of aliphatic hydroxyl groups is 1. The monoisotopic (exact) mass is 271 g/mol. The summed E-state index contributed by atoms with van der Waals surface area (Å²) < 4.78 is 2.09. The molecule has 1 rings (SSSR count). The largest absolute Gasteiger partial charge is 0.392 e. The van der Waals surface area contributed by atoms with E-state index in [1.54, 1.807) is 18.1 Å². The fourth-order valence-electron chi connectivity index (χ4n) is 1.56. The molecule has 0 radical (unpaired) electrons. The van der Waals surface area contributed by atoms with Crippen LogP contribution in [0.25, 0.3) is 0 Å². The topological polar surface area (TPSA) is 50.9 Å². The molecule has 0 aliphatic carbocycles. The van der Waals surface area contributed by atoms with Gasteiger partial charge in [-0.2, -0.15) is 16.9 Å². The van der Waals surface area contributed by atoms with E-state index >= 15 is 0 Å². The second-order valence-electron chi connectivity index (χ2n) is 6.03. The Balaban J connectivity index is 2.49. The van der Waals surface area contributed by atoms with Crippen molar-refractivity contribution in [3.8, 4) is 0 Å². The molecule has 0 aliphatic heterocycles. The minimum absolute atomic E-state index is 0.187. The van der Waals surface area contributed by atoms with Crippen molar-refractivity contribution in [2.24, 2.45) is 5.92 Å². The highest BCUT2D eigenvalue weighted by Crippen LogP contribution is 2.24. The SMILES string of the molecule is CC(C)Cn1ncnc1CC(O)CSC(C)(C)C. The highest BCUT2D eigenvalue weighted by molar-refractivity contribution is 8.00. The minimum Gasteiger partial charge on any atom is -0.392 e. The van der Waals surface area contributed by atoms with Crippen LogP contribution in [0.4, 0.5) is 0 Å². The fourth-order valence-corrected chi connectivity index (χ4v) is 2.37. The van der Waals surface area contributed by atoms with Crippen LogP contribution in [0.2, 0.25) is 0 Å². The molecule has 5 heteroatoms. The molecule has 1 aromatic heterocycles. The van der Waals surface area contributed by atoms with Gasteiger partial charge in [-0.1, -0.05) is 34.6 Å². The molecule has 0 spiro atoms. The van der Waals surface area contributed by atoms with Gasteiger partial charge < -0.3 is 5.11 Å². The summed E-state index contributed by atoms with van der Waals surface area (Å²) in [5, 5.41) is 14.2. The Morgan fingerprint density at radius 3 is 2.61 bits per heavy atom. The van der Waals surface area contributed by atoms with E-state index in [-0.39, 0.29) is 10.9 Å². The van der Waals surface area contributed by atoms with E-state index in [0.29, 0.717) is 12.3 Å². The van der Waals surface area contributed by atoms with Gasteiger partial charge in [0, 0.05) is 23.5 Å². The van der Waals surface area contributed by atoms with Crippen molar-refractivity contribution in [2.75, 3.05) is 5.75 Å². The third-order valence-electron chi connectivity index (χ3n) is 2.36. The summed E-state index contributed by atoms with van der Waals surface area (Å²) in [5.41, 5.74) is 0. The number of hydrogen-bond donors (Lipinski definition) is 1. The molecule has 4 nitrogen and oxygen atoms in total. The van der Waals surface area contributed by atoms with Crippen LogP contribution < -0.4 is 0 Å². The number of aliphatic hydroxyl groups excluding tert-OH is 1. The van der Waals surface area contributed by atoms with Gasteiger partial charge in [-0.15, -0.1) is 0 Å². The van der Waals surface area contributed by atoms with Crippen molar-refractivity contribution in [3.63, 3.8) is 0 Å². The summed E-state index contributed by atoms with van der Waals surface area (Å²) in [5.74, 6) is 2.15. The van der Waals surface area contributed by atoms with E-state index < -0.39 is 0 Å². The maximum absolute atomic E-state index is 10.0. The summed E-state index contributed by atoms with van der Waals surface area (Å²) in [6.07, 6.45) is 1.79. The van der Waals surface area contributed by atoms with Gasteiger partial charge in [-0.05, 0) is 5.92 Å². The number of hydrogen-bond acceptors (Lipinski definition) is 4. The van der Waals surface area contributed by atoms with Crippen molar-refractivity contribution >= 4 is 11.8 Å². The van der Waals surface area contributed by atoms with Crippen LogP contribution in [0, 0.1) is 5.92 Å². The quantitative estimate of drug-likeness (QED) is 0.863. The second kappa shape index (κ2) is 6.57. The Morgan fingerprint density at radius 1 is 1.39 bits per heavy atom. The van der Waals surface area contributed by atoms with E-state index in [0.717, 1.165) is 18.1 Å². The molecule has 0 fully saturated rings. The van der Waals surface area contributed by atoms with Gasteiger partial charge in [0.25, 0.3) is 0 Å². The average molecular weight is 271 g/mol. The molecular weight excluding hydrogens is 246 g/mol. The summed E-state index contributed by atoms with van der Waals surface area (Å²) in [6.45, 7) is 11.6. The van der Waals surface area contributed by atoms with Gasteiger partial charge in [-0.3, -0.25) is 0 Å². The summed E-state index contributed by atoms with van der Waals surface area (Å²) in [7, 11) is 0. The van der Waals surface area contributed by atoms with E-state index in [2.05, 4.69) is 44.7 Å². The van der Waals surface area contributed by atoms with Gasteiger partial charge >= 0.3 is 0 Å². The van der Waals surface area contributed by atoms with Crippen LogP contribution in [0.1, 0.15) is 40.4 Å². The van der Waals surface area contributed by atoms with Crippen LogP contribution in [-0.2, 0) is 13.0 Å². The Labute approximate surface area is 114 Å². The first-order valence-electron chi connectivity index (χ1n) is 6.46. The number of nitrogens with zero attached hydrogens (tertiary/aromatic N) is 3.